The van der Waals surface area contributed by atoms with Crippen molar-refractivity contribution in [2.24, 2.45) is 5.92 Å². The van der Waals surface area contributed by atoms with Gasteiger partial charge in [0.1, 0.15) is 0 Å². The first-order valence-corrected chi connectivity index (χ1v) is 9.17. The Bertz CT molecular complexity index is 409. The Kier molecular flexibility index (Phi) is 4.49. The van der Waals surface area contributed by atoms with E-state index in [1.807, 2.05) is 11.3 Å². The van der Waals surface area contributed by atoms with Gasteiger partial charge in [0.15, 0.2) is 0 Å². The molecule has 1 saturated carbocycles. The predicted octanol–water partition coefficient (Wildman–Crippen LogP) is 3.88. The van der Waals surface area contributed by atoms with Crippen molar-refractivity contribution in [3.63, 3.8) is 0 Å². The SMILES string of the molecule is CCC(C)C1CN(Cc2ccsc2)C2(CCCC2)CN1. The average molecular weight is 292 g/mol. The van der Waals surface area contributed by atoms with E-state index < -0.39 is 0 Å². The Balaban J connectivity index is 1.75. The molecule has 2 fully saturated rings. The lowest BCUT2D eigenvalue weighted by atomic mass is 9.87. The molecule has 1 spiro atoms. The van der Waals surface area contributed by atoms with E-state index in [4.69, 9.17) is 0 Å². The summed E-state index contributed by atoms with van der Waals surface area (Å²) in [5, 5.41) is 8.41. The fourth-order valence-electron chi connectivity index (χ4n) is 3.96. The highest BCUT2D eigenvalue weighted by atomic mass is 32.1. The van der Waals surface area contributed by atoms with E-state index in [1.165, 1.54) is 50.8 Å². The fraction of sp³-hybridized carbons (Fsp3) is 0.765. The van der Waals surface area contributed by atoms with Crippen molar-refractivity contribution in [1.82, 2.24) is 10.2 Å². The van der Waals surface area contributed by atoms with E-state index in [9.17, 15) is 0 Å². The highest BCUT2D eigenvalue weighted by Gasteiger charge is 2.43. The molecule has 20 heavy (non-hydrogen) atoms. The maximum absolute atomic E-state index is 3.87. The Morgan fingerprint density at radius 1 is 1.45 bits per heavy atom. The largest absolute Gasteiger partial charge is 0.311 e. The first-order chi connectivity index (χ1) is 9.73. The summed E-state index contributed by atoms with van der Waals surface area (Å²) < 4.78 is 0. The molecule has 1 saturated heterocycles. The lowest BCUT2D eigenvalue weighted by Crippen LogP contribution is -2.64. The zero-order valence-electron chi connectivity index (χ0n) is 12.9. The Labute approximate surface area is 127 Å². The monoisotopic (exact) mass is 292 g/mol. The number of hydrogen-bond acceptors (Lipinski definition) is 3. The van der Waals surface area contributed by atoms with Crippen LogP contribution < -0.4 is 5.32 Å². The van der Waals surface area contributed by atoms with Crippen molar-refractivity contribution >= 4 is 11.3 Å². The van der Waals surface area contributed by atoms with Crippen molar-refractivity contribution in [3.05, 3.63) is 22.4 Å². The summed E-state index contributed by atoms with van der Waals surface area (Å²) in [6, 6.07) is 2.97. The van der Waals surface area contributed by atoms with Gasteiger partial charge in [0.05, 0.1) is 0 Å². The molecule has 1 N–H and O–H groups in total. The standard InChI is InChI=1S/C17H28N2S/c1-3-14(2)16-11-19(10-15-6-9-20-12-15)17(13-18-16)7-4-5-8-17/h6,9,12,14,16,18H,3-5,7-8,10-11,13H2,1-2H3. The number of nitrogens with zero attached hydrogens (tertiary/aromatic N) is 1. The molecule has 2 aliphatic rings. The summed E-state index contributed by atoms with van der Waals surface area (Å²) in [7, 11) is 0. The third-order valence-electron chi connectivity index (χ3n) is 5.60. The van der Waals surface area contributed by atoms with Gasteiger partial charge in [-0.25, -0.2) is 0 Å². The molecule has 0 amide bonds. The molecular formula is C17H28N2S. The molecule has 112 valence electrons. The lowest BCUT2D eigenvalue weighted by molar-refractivity contribution is 0.0240. The van der Waals surface area contributed by atoms with Crippen LogP contribution in [0.1, 0.15) is 51.5 Å². The Hall–Kier alpha value is -0.380. The van der Waals surface area contributed by atoms with Crippen LogP contribution in [-0.2, 0) is 6.54 Å². The van der Waals surface area contributed by atoms with Gasteiger partial charge in [-0.3, -0.25) is 4.90 Å². The molecule has 3 heteroatoms. The molecule has 0 aromatic carbocycles. The molecule has 2 atom stereocenters. The van der Waals surface area contributed by atoms with Crippen molar-refractivity contribution in [3.8, 4) is 0 Å². The first kappa shape index (κ1) is 14.6. The maximum atomic E-state index is 3.87. The topological polar surface area (TPSA) is 15.3 Å². The molecule has 1 aromatic heterocycles. The van der Waals surface area contributed by atoms with Crippen molar-refractivity contribution < 1.29 is 0 Å². The third kappa shape index (κ3) is 2.81. The fourth-order valence-corrected chi connectivity index (χ4v) is 4.62. The summed E-state index contributed by atoms with van der Waals surface area (Å²) in [4.78, 5) is 2.81. The van der Waals surface area contributed by atoms with Gasteiger partial charge in [-0.2, -0.15) is 11.3 Å². The van der Waals surface area contributed by atoms with E-state index in [1.54, 1.807) is 0 Å². The summed E-state index contributed by atoms with van der Waals surface area (Å²) in [6.45, 7) is 8.29. The maximum Gasteiger partial charge on any atom is 0.0338 e. The van der Waals surface area contributed by atoms with Crippen LogP contribution in [0, 0.1) is 5.92 Å². The van der Waals surface area contributed by atoms with E-state index in [0.717, 1.165) is 12.5 Å². The number of piperazine rings is 1. The number of rotatable bonds is 4. The summed E-state index contributed by atoms with van der Waals surface area (Å²) >= 11 is 1.83. The van der Waals surface area contributed by atoms with Gasteiger partial charge < -0.3 is 5.32 Å². The molecule has 1 aliphatic carbocycles. The molecule has 0 radical (unpaired) electrons. The highest BCUT2D eigenvalue weighted by Crippen LogP contribution is 2.38. The Morgan fingerprint density at radius 2 is 2.25 bits per heavy atom. The normalized spacial score (nSPS) is 28.0. The van der Waals surface area contributed by atoms with Crippen LogP contribution in [0.2, 0.25) is 0 Å². The van der Waals surface area contributed by atoms with E-state index in [-0.39, 0.29) is 0 Å². The molecule has 2 unspecified atom stereocenters. The minimum absolute atomic E-state index is 0.450. The number of thiophene rings is 1. The van der Waals surface area contributed by atoms with Crippen LogP contribution in [0.25, 0.3) is 0 Å². The van der Waals surface area contributed by atoms with E-state index >= 15 is 0 Å². The third-order valence-corrected chi connectivity index (χ3v) is 6.33. The zero-order chi connectivity index (χ0) is 14.0. The summed E-state index contributed by atoms with van der Waals surface area (Å²) in [6.07, 6.45) is 6.87. The molecule has 0 bridgehead atoms. The van der Waals surface area contributed by atoms with Crippen LogP contribution in [0.4, 0.5) is 0 Å². The minimum Gasteiger partial charge on any atom is -0.311 e. The van der Waals surface area contributed by atoms with Crippen molar-refractivity contribution in [1.29, 1.82) is 0 Å². The predicted molar refractivity (Wildman–Crippen MR) is 87.2 cm³/mol. The van der Waals surface area contributed by atoms with Gasteiger partial charge in [-0.1, -0.05) is 33.1 Å². The zero-order valence-corrected chi connectivity index (χ0v) is 13.7. The van der Waals surface area contributed by atoms with Crippen LogP contribution >= 0.6 is 11.3 Å². The summed E-state index contributed by atoms with van der Waals surface area (Å²) in [5.41, 5.74) is 1.96. The van der Waals surface area contributed by atoms with Gasteiger partial charge in [-0.15, -0.1) is 0 Å². The van der Waals surface area contributed by atoms with Gasteiger partial charge in [-0.05, 0) is 41.1 Å². The highest BCUT2D eigenvalue weighted by molar-refractivity contribution is 7.07. The number of nitrogens with one attached hydrogen (secondary N) is 1. The molecule has 1 aromatic rings. The van der Waals surface area contributed by atoms with Crippen molar-refractivity contribution in [2.45, 2.75) is 64.1 Å². The molecular weight excluding hydrogens is 264 g/mol. The van der Waals surface area contributed by atoms with E-state index in [2.05, 4.69) is 40.9 Å². The lowest BCUT2D eigenvalue weighted by Gasteiger charge is -2.49. The number of hydrogen-bond donors (Lipinski definition) is 1. The van der Waals surface area contributed by atoms with Gasteiger partial charge in [0.25, 0.3) is 0 Å². The second kappa shape index (κ2) is 6.17. The van der Waals surface area contributed by atoms with Crippen LogP contribution in [-0.4, -0.2) is 29.6 Å². The van der Waals surface area contributed by atoms with Crippen LogP contribution in [0.5, 0.6) is 0 Å². The van der Waals surface area contributed by atoms with Gasteiger partial charge in [0.2, 0.25) is 0 Å². The second-order valence-electron chi connectivity index (χ2n) is 6.82. The van der Waals surface area contributed by atoms with Crippen LogP contribution in [0.3, 0.4) is 0 Å². The molecule has 2 nitrogen and oxygen atoms in total. The van der Waals surface area contributed by atoms with Crippen LogP contribution in [0.15, 0.2) is 16.8 Å². The molecule has 3 rings (SSSR count). The first-order valence-electron chi connectivity index (χ1n) is 8.23. The quantitative estimate of drug-likeness (QED) is 0.906. The Morgan fingerprint density at radius 3 is 2.90 bits per heavy atom. The molecule has 2 heterocycles. The minimum atomic E-state index is 0.450. The van der Waals surface area contributed by atoms with Gasteiger partial charge >= 0.3 is 0 Å². The average Bonchev–Trinajstić information content (AvgIpc) is 3.13. The van der Waals surface area contributed by atoms with E-state index in [0.29, 0.717) is 11.6 Å². The van der Waals surface area contributed by atoms with Crippen molar-refractivity contribution in [2.75, 3.05) is 13.1 Å². The second-order valence-corrected chi connectivity index (χ2v) is 7.60. The molecule has 1 aliphatic heterocycles. The summed E-state index contributed by atoms with van der Waals surface area (Å²) in [5.74, 6) is 0.777. The smallest absolute Gasteiger partial charge is 0.0338 e. The van der Waals surface area contributed by atoms with Gasteiger partial charge in [0, 0.05) is 31.2 Å².